The number of benzene rings is 1. The van der Waals surface area contributed by atoms with Crippen molar-refractivity contribution in [3.63, 3.8) is 0 Å². The van der Waals surface area contributed by atoms with E-state index in [0.29, 0.717) is 37.1 Å². The van der Waals surface area contributed by atoms with Crippen molar-refractivity contribution in [1.29, 1.82) is 0 Å². The van der Waals surface area contributed by atoms with Crippen LogP contribution < -0.4 is 25.2 Å². The van der Waals surface area contributed by atoms with E-state index < -0.39 is 0 Å². The van der Waals surface area contributed by atoms with Gasteiger partial charge in [0.15, 0.2) is 11.5 Å². The largest absolute Gasteiger partial charge is 0.493 e. The van der Waals surface area contributed by atoms with Crippen LogP contribution in [0.5, 0.6) is 11.5 Å². The second-order valence-electron chi connectivity index (χ2n) is 7.98. The second-order valence-corrected chi connectivity index (χ2v) is 7.98. The van der Waals surface area contributed by atoms with E-state index in [2.05, 4.69) is 15.3 Å². The van der Waals surface area contributed by atoms with Gasteiger partial charge in [0.2, 0.25) is 5.91 Å². The molecule has 1 aromatic heterocycles. The van der Waals surface area contributed by atoms with Crippen LogP contribution in [0.3, 0.4) is 0 Å². The minimum absolute atomic E-state index is 0.00240. The topological polar surface area (TPSA) is 85.7 Å². The zero-order chi connectivity index (χ0) is 21.1. The Balaban J connectivity index is 1.35. The van der Waals surface area contributed by atoms with E-state index in [1.807, 2.05) is 18.2 Å². The maximum atomic E-state index is 12.7. The Kier molecular flexibility index (Phi) is 5.92. The molecule has 8 nitrogen and oxygen atoms in total. The number of amides is 1. The van der Waals surface area contributed by atoms with Crippen molar-refractivity contribution in [3.05, 3.63) is 46.4 Å². The Labute approximate surface area is 175 Å². The van der Waals surface area contributed by atoms with Gasteiger partial charge in [0.05, 0.1) is 32.0 Å². The summed E-state index contributed by atoms with van der Waals surface area (Å²) in [6.45, 7) is 2.38. The second kappa shape index (κ2) is 8.77. The van der Waals surface area contributed by atoms with Gasteiger partial charge in [-0.2, -0.15) is 5.10 Å². The number of hydrogen-bond donors (Lipinski definition) is 1. The van der Waals surface area contributed by atoms with Crippen LogP contribution in [0.4, 0.5) is 5.69 Å². The normalized spacial score (nSPS) is 18.3. The number of methoxy groups -OCH3 is 2. The molecule has 160 valence electrons. The zero-order valence-electron chi connectivity index (χ0n) is 17.5. The fourth-order valence-electron chi connectivity index (χ4n) is 3.91. The first-order chi connectivity index (χ1) is 14.6. The molecular weight excluding hydrogens is 384 g/mol. The van der Waals surface area contributed by atoms with Gasteiger partial charge in [-0.25, -0.2) is 4.68 Å². The van der Waals surface area contributed by atoms with Gasteiger partial charge in [-0.05, 0) is 31.2 Å². The Morgan fingerprint density at radius 2 is 2.07 bits per heavy atom. The Hall–Kier alpha value is -3.03. The average molecular weight is 412 g/mol. The molecule has 1 aliphatic carbocycles. The molecule has 1 atom stereocenters. The lowest BCUT2D eigenvalue weighted by molar-refractivity contribution is -0.124. The quantitative estimate of drug-likeness (QED) is 0.712. The fourth-order valence-corrected chi connectivity index (χ4v) is 3.91. The first kappa shape index (κ1) is 20.3. The number of rotatable bonds is 8. The molecule has 1 saturated heterocycles. The number of hydrogen-bond acceptors (Lipinski definition) is 6. The van der Waals surface area contributed by atoms with Crippen molar-refractivity contribution in [2.75, 3.05) is 32.2 Å². The molecule has 1 saturated carbocycles. The predicted octanol–water partition coefficient (Wildman–Crippen LogP) is 1.81. The number of ether oxygens (including phenoxy) is 2. The summed E-state index contributed by atoms with van der Waals surface area (Å²) in [6.07, 6.45) is 4.85. The highest BCUT2D eigenvalue weighted by atomic mass is 16.5. The summed E-state index contributed by atoms with van der Waals surface area (Å²) in [5, 5.41) is 7.33. The highest BCUT2D eigenvalue weighted by Gasteiger charge is 2.29. The van der Waals surface area contributed by atoms with Gasteiger partial charge in [-0.3, -0.25) is 9.59 Å². The Morgan fingerprint density at radius 1 is 1.23 bits per heavy atom. The molecule has 1 N–H and O–H groups in total. The van der Waals surface area contributed by atoms with E-state index in [9.17, 15) is 9.59 Å². The van der Waals surface area contributed by atoms with Crippen LogP contribution in [0.2, 0.25) is 0 Å². The monoisotopic (exact) mass is 412 g/mol. The first-order valence-corrected chi connectivity index (χ1v) is 10.4. The third kappa shape index (κ3) is 4.42. The molecule has 1 aromatic carbocycles. The van der Waals surface area contributed by atoms with Gasteiger partial charge in [0.1, 0.15) is 0 Å². The molecule has 0 spiro atoms. The minimum Gasteiger partial charge on any atom is -0.493 e. The van der Waals surface area contributed by atoms with E-state index in [-0.39, 0.29) is 17.4 Å². The summed E-state index contributed by atoms with van der Waals surface area (Å²) >= 11 is 0. The van der Waals surface area contributed by atoms with Crippen molar-refractivity contribution in [2.45, 2.75) is 32.4 Å². The predicted molar refractivity (Wildman–Crippen MR) is 113 cm³/mol. The number of carbonyl (C=O) groups excluding carboxylic acids is 1. The average Bonchev–Trinajstić information content (AvgIpc) is 3.44. The Morgan fingerprint density at radius 3 is 2.77 bits per heavy atom. The van der Waals surface area contributed by atoms with Crippen molar-refractivity contribution in [2.24, 2.45) is 11.8 Å². The van der Waals surface area contributed by atoms with Gasteiger partial charge >= 0.3 is 0 Å². The Bertz CT molecular complexity index is 970. The molecule has 2 aliphatic rings. The number of nitrogens with zero attached hydrogens (tertiary/aromatic N) is 3. The smallest absolute Gasteiger partial charge is 0.268 e. The highest BCUT2D eigenvalue weighted by molar-refractivity contribution is 5.80. The molecule has 2 fully saturated rings. The molecule has 0 radical (unpaired) electrons. The molecular formula is C22H28N4O4. The summed E-state index contributed by atoms with van der Waals surface area (Å²) in [4.78, 5) is 27.1. The summed E-state index contributed by atoms with van der Waals surface area (Å²) in [5.74, 6) is 1.74. The van der Waals surface area contributed by atoms with Crippen LogP contribution in [-0.2, 0) is 17.9 Å². The fraction of sp³-hybridized carbons (Fsp3) is 0.500. The van der Waals surface area contributed by atoms with Crippen LogP contribution in [0, 0.1) is 11.8 Å². The molecule has 1 unspecified atom stereocenters. The molecule has 1 aliphatic heterocycles. The van der Waals surface area contributed by atoms with Crippen LogP contribution in [0.15, 0.2) is 35.3 Å². The molecule has 2 aromatic rings. The van der Waals surface area contributed by atoms with Crippen molar-refractivity contribution >= 4 is 11.6 Å². The number of carbonyl (C=O) groups is 1. The van der Waals surface area contributed by atoms with E-state index in [1.54, 1.807) is 31.2 Å². The number of aromatic nitrogens is 2. The zero-order valence-corrected chi connectivity index (χ0v) is 17.5. The van der Waals surface area contributed by atoms with Crippen molar-refractivity contribution in [3.8, 4) is 11.5 Å². The summed E-state index contributed by atoms with van der Waals surface area (Å²) in [7, 11) is 3.18. The molecule has 30 heavy (non-hydrogen) atoms. The summed E-state index contributed by atoms with van der Waals surface area (Å²) in [5.41, 5.74) is 1.58. The molecule has 2 heterocycles. The molecule has 4 rings (SSSR count). The van der Waals surface area contributed by atoms with Crippen LogP contribution in [-0.4, -0.2) is 43.0 Å². The molecule has 1 amide bonds. The minimum atomic E-state index is -0.129. The van der Waals surface area contributed by atoms with Crippen molar-refractivity contribution < 1.29 is 14.3 Å². The van der Waals surface area contributed by atoms with E-state index in [1.165, 1.54) is 12.8 Å². The lowest BCUT2D eigenvalue weighted by Crippen LogP contribution is -2.33. The lowest BCUT2D eigenvalue weighted by Gasteiger charge is -2.18. The van der Waals surface area contributed by atoms with Crippen LogP contribution in [0.25, 0.3) is 0 Å². The third-order valence-electron chi connectivity index (χ3n) is 5.84. The third-order valence-corrected chi connectivity index (χ3v) is 5.84. The van der Waals surface area contributed by atoms with Gasteiger partial charge in [0, 0.05) is 37.8 Å². The van der Waals surface area contributed by atoms with Gasteiger partial charge in [-0.1, -0.05) is 12.1 Å². The summed E-state index contributed by atoms with van der Waals surface area (Å²) in [6, 6.07) is 7.24. The molecule has 0 bridgehead atoms. The first-order valence-electron chi connectivity index (χ1n) is 10.4. The van der Waals surface area contributed by atoms with Crippen LogP contribution >= 0.6 is 0 Å². The van der Waals surface area contributed by atoms with Crippen molar-refractivity contribution in [1.82, 2.24) is 15.1 Å². The lowest BCUT2D eigenvalue weighted by atomic mass is 10.1. The highest BCUT2D eigenvalue weighted by Crippen LogP contribution is 2.31. The van der Waals surface area contributed by atoms with E-state index in [4.69, 9.17) is 9.47 Å². The molecule has 8 heteroatoms. The standard InChI is InChI=1S/C22H28N4O4/c1-29-19-5-3-4-16(21(19)30-2)11-23-22(28)17-8-9-25(14-17)18-10-20(27)26(24-12-18)13-15-6-7-15/h3-5,10,12,15,17H,6-9,11,13-14H2,1-2H3,(H,23,28). The van der Waals surface area contributed by atoms with Gasteiger partial charge in [-0.15, -0.1) is 0 Å². The SMILES string of the molecule is COc1cccc(CNC(=O)C2CCN(c3cnn(CC4CC4)c(=O)c3)C2)c1OC. The maximum Gasteiger partial charge on any atom is 0.268 e. The summed E-state index contributed by atoms with van der Waals surface area (Å²) < 4.78 is 12.3. The van der Waals surface area contributed by atoms with Gasteiger partial charge in [0.25, 0.3) is 5.56 Å². The number of anilines is 1. The number of para-hydroxylation sites is 1. The van der Waals surface area contributed by atoms with E-state index >= 15 is 0 Å². The van der Waals surface area contributed by atoms with E-state index in [0.717, 1.165) is 24.2 Å². The maximum absolute atomic E-state index is 12.7. The number of nitrogens with one attached hydrogen (secondary N) is 1. The van der Waals surface area contributed by atoms with Gasteiger partial charge < -0.3 is 19.7 Å². The van der Waals surface area contributed by atoms with Crippen LogP contribution in [0.1, 0.15) is 24.8 Å².